The normalized spacial score (nSPS) is 17.4. The summed E-state index contributed by atoms with van der Waals surface area (Å²) < 4.78 is 17.8. The maximum atomic E-state index is 11.6. The molecule has 0 amide bonds. The number of pyridine rings is 1. The first-order valence-corrected chi connectivity index (χ1v) is 8.64. The zero-order valence-electron chi connectivity index (χ0n) is 16.1. The second-order valence-electron chi connectivity index (χ2n) is 7.46. The molecule has 1 aromatic carbocycles. The Hall–Kier alpha value is -2.69. The molecule has 0 saturated carbocycles. The number of aldehydes is 1. The van der Waals surface area contributed by atoms with Crippen LogP contribution in [-0.2, 0) is 9.31 Å². The van der Waals surface area contributed by atoms with Gasteiger partial charge < -0.3 is 14.0 Å². The molecule has 0 unspecified atom stereocenters. The molecule has 1 fully saturated rings. The number of carbonyl (C=O) groups is 1. The van der Waals surface area contributed by atoms with Gasteiger partial charge in [0.05, 0.1) is 17.8 Å². The van der Waals surface area contributed by atoms with Gasteiger partial charge in [-0.25, -0.2) is 9.83 Å². The van der Waals surface area contributed by atoms with Crippen molar-refractivity contribution in [3.8, 4) is 11.6 Å². The van der Waals surface area contributed by atoms with Crippen LogP contribution < -0.4 is 10.2 Å². The third-order valence-electron chi connectivity index (χ3n) is 5.07. The third kappa shape index (κ3) is 3.59. The fourth-order valence-corrected chi connectivity index (χ4v) is 2.73. The zero-order valence-corrected chi connectivity index (χ0v) is 16.1. The summed E-state index contributed by atoms with van der Waals surface area (Å²) in [5, 5.41) is 0. The maximum absolute atomic E-state index is 11.6. The molecule has 0 atom stereocenters. The maximum Gasteiger partial charge on any atom is 0.495 e. The zero-order chi connectivity index (χ0) is 19.8. The van der Waals surface area contributed by atoms with Crippen molar-refractivity contribution in [3.63, 3.8) is 0 Å². The van der Waals surface area contributed by atoms with E-state index in [9.17, 15) is 4.79 Å². The molecule has 1 saturated heterocycles. The Morgan fingerprint density at radius 3 is 2.37 bits per heavy atom. The van der Waals surface area contributed by atoms with Crippen molar-refractivity contribution in [2.45, 2.75) is 45.8 Å². The van der Waals surface area contributed by atoms with Crippen LogP contribution in [-0.4, -0.2) is 29.6 Å². The van der Waals surface area contributed by atoms with Crippen molar-refractivity contribution in [2.75, 3.05) is 0 Å². The molecule has 0 N–H and O–H groups in total. The molecular formula is C20H21BN2O4. The lowest BCUT2D eigenvalue weighted by molar-refractivity contribution is 0.00578. The summed E-state index contributed by atoms with van der Waals surface area (Å²) in [7, 11) is -0.623. The Bertz CT molecular complexity index is 918. The fraction of sp³-hybridized carbons (Fsp3) is 0.350. The lowest BCUT2D eigenvalue weighted by atomic mass is 9.76. The monoisotopic (exact) mass is 364 g/mol. The molecule has 1 aromatic heterocycles. The molecular weight excluding hydrogens is 343 g/mol. The first-order chi connectivity index (χ1) is 12.7. The number of aromatic nitrogens is 1. The van der Waals surface area contributed by atoms with Crippen LogP contribution in [0.25, 0.3) is 4.85 Å². The molecule has 6 nitrogen and oxygen atoms in total. The molecule has 2 heterocycles. The number of rotatable bonds is 4. The van der Waals surface area contributed by atoms with E-state index in [-0.39, 0.29) is 0 Å². The Kier molecular flexibility index (Phi) is 4.81. The van der Waals surface area contributed by atoms with Gasteiger partial charge in [0, 0.05) is 11.3 Å². The van der Waals surface area contributed by atoms with Crippen LogP contribution >= 0.6 is 0 Å². The number of benzene rings is 1. The van der Waals surface area contributed by atoms with Gasteiger partial charge in [-0.3, -0.25) is 4.79 Å². The van der Waals surface area contributed by atoms with E-state index in [4.69, 9.17) is 20.6 Å². The SMILES string of the molecule is [C-]#[N+]c1ccc(Oc2ccc(B3OC(C)(C)C(C)(C)O3)c(C=O)c2)nc1C. The van der Waals surface area contributed by atoms with E-state index in [0.29, 0.717) is 34.0 Å². The van der Waals surface area contributed by atoms with Crippen molar-refractivity contribution in [1.29, 1.82) is 0 Å². The van der Waals surface area contributed by atoms with Gasteiger partial charge in [-0.1, -0.05) is 6.07 Å². The van der Waals surface area contributed by atoms with Crippen LogP contribution in [0, 0.1) is 13.5 Å². The van der Waals surface area contributed by atoms with Crippen LogP contribution in [0.5, 0.6) is 11.6 Å². The van der Waals surface area contributed by atoms with Gasteiger partial charge in [-0.15, -0.1) is 0 Å². The number of ether oxygens (including phenoxy) is 1. The van der Waals surface area contributed by atoms with Crippen molar-refractivity contribution in [2.24, 2.45) is 0 Å². The molecule has 0 bridgehead atoms. The molecule has 3 rings (SSSR count). The second kappa shape index (κ2) is 6.80. The predicted molar refractivity (Wildman–Crippen MR) is 103 cm³/mol. The molecule has 27 heavy (non-hydrogen) atoms. The highest BCUT2D eigenvalue weighted by atomic mass is 16.7. The smallest absolute Gasteiger partial charge is 0.439 e. The highest BCUT2D eigenvalue weighted by molar-refractivity contribution is 6.63. The van der Waals surface area contributed by atoms with Crippen molar-refractivity contribution < 1.29 is 18.8 Å². The molecule has 0 spiro atoms. The van der Waals surface area contributed by atoms with E-state index in [2.05, 4.69) is 9.83 Å². The first kappa shape index (κ1) is 19.1. The number of aryl methyl sites for hydroxylation is 1. The second-order valence-corrected chi connectivity index (χ2v) is 7.46. The van der Waals surface area contributed by atoms with Gasteiger partial charge in [-0.2, -0.15) is 0 Å². The van der Waals surface area contributed by atoms with Crippen LogP contribution in [0.2, 0.25) is 0 Å². The topological polar surface area (TPSA) is 62.0 Å². The molecule has 7 heteroatoms. The average Bonchev–Trinajstić information content (AvgIpc) is 2.82. The average molecular weight is 364 g/mol. The van der Waals surface area contributed by atoms with Crippen molar-refractivity contribution >= 4 is 24.6 Å². The van der Waals surface area contributed by atoms with E-state index in [1.54, 1.807) is 37.3 Å². The van der Waals surface area contributed by atoms with Crippen molar-refractivity contribution in [3.05, 3.63) is 53.0 Å². The molecule has 138 valence electrons. The summed E-state index contributed by atoms with van der Waals surface area (Å²) in [5.74, 6) is 0.833. The Labute approximate surface area is 159 Å². The van der Waals surface area contributed by atoms with Crippen LogP contribution in [0.3, 0.4) is 0 Å². The molecule has 0 aliphatic carbocycles. The van der Waals surface area contributed by atoms with Gasteiger partial charge in [-0.05, 0) is 64.3 Å². The number of hydrogen-bond donors (Lipinski definition) is 0. The lowest BCUT2D eigenvalue weighted by Crippen LogP contribution is -2.41. The summed E-state index contributed by atoms with van der Waals surface area (Å²) >= 11 is 0. The molecule has 2 aromatic rings. The van der Waals surface area contributed by atoms with Crippen LogP contribution in [0.1, 0.15) is 43.7 Å². The third-order valence-corrected chi connectivity index (χ3v) is 5.07. The number of carbonyl (C=O) groups excluding carboxylic acids is 1. The summed E-state index contributed by atoms with van der Waals surface area (Å²) in [5.41, 5.74) is 1.18. The Morgan fingerprint density at radius 2 is 1.81 bits per heavy atom. The Balaban J connectivity index is 1.86. The summed E-state index contributed by atoms with van der Waals surface area (Å²) in [6.07, 6.45) is 0.758. The molecule has 1 aliphatic heterocycles. The molecule has 1 aliphatic rings. The summed E-state index contributed by atoms with van der Waals surface area (Å²) in [6, 6.07) is 8.43. The van der Waals surface area contributed by atoms with Gasteiger partial charge in [0.2, 0.25) is 11.6 Å². The first-order valence-electron chi connectivity index (χ1n) is 8.64. The van der Waals surface area contributed by atoms with Crippen molar-refractivity contribution in [1.82, 2.24) is 4.98 Å². The van der Waals surface area contributed by atoms with E-state index < -0.39 is 18.3 Å². The van der Waals surface area contributed by atoms with E-state index >= 15 is 0 Å². The van der Waals surface area contributed by atoms with Gasteiger partial charge >= 0.3 is 7.12 Å². The predicted octanol–water partition coefficient (Wildman–Crippen LogP) is 3.84. The van der Waals surface area contributed by atoms with Gasteiger partial charge in [0.25, 0.3) is 0 Å². The van der Waals surface area contributed by atoms with E-state index in [0.717, 1.165) is 6.29 Å². The molecule has 0 radical (unpaired) electrons. The minimum Gasteiger partial charge on any atom is -0.439 e. The van der Waals surface area contributed by atoms with E-state index in [1.807, 2.05) is 27.7 Å². The fourth-order valence-electron chi connectivity index (χ4n) is 2.73. The standard InChI is InChI=1S/C20H21BN2O4/c1-13-17(22-6)9-10-18(23-13)25-15-7-8-16(14(11-15)12-24)21-26-19(2,3)20(4,5)27-21/h7-12H,1-5H3. The minimum atomic E-state index is -0.623. The number of hydrogen-bond acceptors (Lipinski definition) is 5. The van der Waals surface area contributed by atoms with Crippen LogP contribution in [0.15, 0.2) is 30.3 Å². The van der Waals surface area contributed by atoms with Gasteiger partial charge in [0.15, 0.2) is 0 Å². The van der Waals surface area contributed by atoms with Gasteiger partial charge in [0.1, 0.15) is 12.0 Å². The number of nitrogens with zero attached hydrogens (tertiary/aromatic N) is 2. The van der Waals surface area contributed by atoms with E-state index in [1.165, 1.54) is 0 Å². The quantitative estimate of drug-likeness (QED) is 0.469. The highest BCUT2D eigenvalue weighted by Crippen LogP contribution is 2.37. The minimum absolute atomic E-state index is 0.361. The highest BCUT2D eigenvalue weighted by Gasteiger charge is 2.52. The summed E-state index contributed by atoms with van der Waals surface area (Å²) in [6.45, 7) is 16.7. The largest absolute Gasteiger partial charge is 0.495 e. The Morgan fingerprint density at radius 1 is 1.15 bits per heavy atom. The lowest BCUT2D eigenvalue weighted by Gasteiger charge is -2.32. The van der Waals surface area contributed by atoms with Crippen LogP contribution in [0.4, 0.5) is 5.69 Å². The summed E-state index contributed by atoms with van der Waals surface area (Å²) in [4.78, 5) is 19.3.